The summed E-state index contributed by atoms with van der Waals surface area (Å²) in [5.74, 6) is 0. The highest BCUT2D eigenvalue weighted by atomic mass is 16.1. The second-order valence-electron chi connectivity index (χ2n) is 2.71. The molecule has 6 heteroatoms. The van der Waals surface area contributed by atoms with Gasteiger partial charge in [0.05, 0.1) is 11.7 Å². The summed E-state index contributed by atoms with van der Waals surface area (Å²) in [5.41, 5.74) is 1.82. The van der Waals surface area contributed by atoms with E-state index in [4.69, 9.17) is 0 Å². The summed E-state index contributed by atoms with van der Waals surface area (Å²) < 4.78 is 1.60. The molecule has 3 aromatic heterocycles. The SMILES string of the molecule is O=c1[nH]c2ncn3nccc3c2[nH]1. The van der Waals surface area contributed by atoms with E-state index in [2.05, 4.69) is 20.1 Å². The van der Waals surface area contributed by atoms with E-state index in [0.29, 0.717) is 11.2 Å². The first-order valence-corrected chi connectivity index (χ1v) is 3.75. The number of nitrogens with zero attached hydrogens (tertiary/aromatic N) is 3. The van der Waals surface area contributed by atoms with Crippen molar-refractivity contribution in [2.24, 2.45) is 0 Å². The summed E-state index contributed by atoms with van der Waals surface area (Å²) in [6.07, 6.45) is 3.21. The van der Waals surface area contributed by atoms with Crippen LogP contribution in [0.25, 0.3) is 16.7 Å². The smallest absolute Gasteiger partial charge is 0.303 e. The molecular formula is C7H5N5O. The maximum atomic E-state index is 11.0. The van der Waals surface area contributed by atoms with E-state index in [9.17, 15) is 4.79 Å². The molecule has 0 aliphatic heterocycles. The highest BCUT2D eigenvalue weighted by molar-refractivity contribution is 5.86. The standard InChI is InChI=1S/C7H5N5O/c13-7-10-5-4-1-2-9-12(4)3-8-6(5)11-7/h1-3H,(H2,10,11,13). The Morgan fingerprint density at radius 2 is 2.31 bits per heavy atom. The molecule has 0 atom stereocenters. The van der Waals surface area contributed by atoms with Gasteiger partial charge in [0.2, 0.25) is 0 Å². The first kappa shape index (κ1) is 6.41. The number of nitrogens with one attached hydrogen (secondary N) is 2. The molecule has 0 radical (unpaired) electrons. The molecule has 0 aromatic carbocycles. The Kier molecular flexibility index (Phi) is 0.974. The van der Waals surface area contributed by atoms with Crippen LogP contribution in [0.3, 0.4) is 0 Å². The molecule has 2 N–H and O–H groups in total. The van der Waals surface area contributed by atoms with Crippen LogP contribution in [0, 0.1) is 0 Å². The minimum atomic E-state index is -0.253. The first-order valence-electron chi connectivity index (χ1n) is 3.75. The average Bonchev–Trinajstić information content (AvgIpc) is 2.65. The molecule has 0 unspecified atom stereocenters. The lowest BCUT2D eigenvalue weighted by molar-refractivity contribution is 0.931. The topological polar surface area (TPSA) is 78.8 Å². The monoisotopic (exact) mass is 175 g/mol. The third kappa shape index (κ3) is 0.738. The van der Waals surface area contributed by atoms with E-state index in [-0.39, 0.29) is 5.69 Å². The van der Waals surface area contributed by atoms with Crippen LogP contribution in [0.1, 0.15) is 0 Å². The van der Waals surface area contributed by atoms with E-state index in [1.54, 1.807) is 17.0 Å². The summed E-state index contributed by atoms with van der Waals surface area (Å²) in [7, 11) is 0. The third-order valence-electron chi connectivity index (χ3n) is 1.93. The van der Waals surface area contributed by atoms with Gasteiger partial charge in [-0.15, -0.1) is 0 Å². The van der Waals surface area contributed by atoms with Crippen molar-refractivity contribution < 1.29 is 0 Å². The lowest BCUT2D eigenvalue weighted by atomic mass is 10.4. The van der Waals surface area contributed by atoms with Crippen molar-refractivity contribution in [1.29, 1.82) is 0 Å². The highest BCUT2D eigenvalue weighted by Gasteiger charge is 2.04. The molecule has 0 aliphatic carbocycles. The maximum Gasteiger partial charge on any atom is 0.325 e. The van der Waals surface area contributed by atoms with Gasteiger partial charge in [-0.05, 0) is 6.07 Å². The molecule has 64 valence electrons. The number of hydrogen-bond donors (Lipinski definition) is 2. The number of aromatic amines is 2. The van der Waals surface area contributed by atoms with Gasteiger partial charge in [-0.3, -0.25) is 4.98 Å². The molecule has 13 heavy (non-hydrogen) atoms. The van der Waals surface area contributed by atoms with Crippen molar-refractivity contribution in [2.75, 3.05) is 0 Å². The maximum absolute atomic E-state index is 11.0. The molecular weight excluding hydrogens is 170 g/mol. The van der Waals surface area contributed by atoms with Gasteiger partial charge in [-0.25, -0.2) is 14.3 Å². The van der Waals surface area contributed by atoms with Crippen LogP contribution < -0.4 is 5.69 Å². The fourth-order valence-corrected chi connectivity index (χ4v) is 1.37. The van der Waals surface area contributed by atoms with Crippen LogP contribution >= 0.6 is 0 Å². The lowest BCUT2D eigenvalue weighted by Crippen LogP contribution is -1.99. The van der Waals surface area contributed by atoms with Crippen LogP contribution in [0.4, 0.5) is 0 Å². The van der Waals surface area contributed by atoms with E-state index < -0.39 is 0 Å². The van der Waals surface area contributed by atoms with E-state index >= 15 is 0 Å². The van der Waals surface area contributed by atoms with E-state index in [1.807, 2.05) is 6.07 Å². The molecule has 0 saturated carbocycles. The summed E-state index contributed by atoms with van der Waals surface area (Å²) in [6, 6.07) is 1.81. The normalized spacial score (nSPS) is 11.4. The minimum absolute atomic E-state index is 0.253. The first-order chi connectivity index (χ1) is 6.34. The molecule has 3 rings (SSSR count). The van der Waals surface area contributed by atoms with Crippen molar-refractivity contribution >= 4 is 16.7 Å². The summed E-state index contributed by atoms with van der Waals surface area (Å²) in [4.78, 5) is 20.2. The predicted octanol–water partition coefficient (Wildman–Crippen LogP) is -0.101. The Labute approximate surface area is 71.2 Å². The van der Waals surface area contributed by atoms with Gasteiger partial charge < -0.3 is 4.98 Å². The number of imidazole rings is 1. The Balaban J connectivity index is 2.71. The fourth-order valence-electron chi connectivity index (χ4n) is 1.37. The molecule has 0 saturated heterocycles. The Bertz CT molecular complexity index is 631. The Morgan fingerprint density at radius 3 is 3.23 bits per heavy atom. The molecule has 0 amide bonds. The van der Waals surface area contributed by atoms with Crippen LogP contribution in [0.2, 0.25) is 0 Å². The van der Waals surface area contributed by atoms with E-state index in [0.717, 1.165) is 5.52 Å². The largest absolute Gasteiger partial charge is 0.325 e. The summed E-state index contributed by atoms with van der Waals surface area (Å²) in [6.45, 7) is 0. The number of aromatic nitrogens is 5. The predicted molar refractivity (Wildman–Crippen MR) is 45.5 cm³/mol. The average molecular weight is 175 g/mol. The van der Waals surface area contributed by atoms with Gasteiger partial charge in [0.25, 0.3) is 0 Å². The molecule has 0 bridgehead atoms. The van der Waals surface area contributed by atoms with Crippen LogP contribution in [-0.4, -0.2) is 24.6 Å². The van der Waals surface area contributed by atoms with Gasteiger partial charge in [-0.2, -0.15) is 5.10 Å². The van der Waals surface area contributed by atoms with Crippen molar-refractivity contribution in [3.8, 4) is 0 Å². The quantitative estimate of drug-likeness (QED) is 0.500. The van der Waals surface area contributed by atoms with Gasteiger partial charge in [0.15, 0.2) is 5.65 Å². The number of fused-ring (bicyclic) bond motifs is 3. The van der Waals surface area contributed by atoms with Gasteiger partial charge in [0.1, 0.15) is 11.8 Å². The van der Waals surface area contributed by atoms with Crippen molar-refractivity contribution in [2.45, 2.75) is 0 Å². The Morgan fingerprint density at radius 1 is 1.38 bits per heavy atom. The van der Waals surface area contributed by atoms with E-state index in [1.165, 1.54) is 0 Å². The van der Waals surface area contributed by atoms with Crippen LogP contribution in [-0.2, 0) is 0 Å². The van der Waals surface area contributed by atoms with Crippen LogP contribution in [0.15, 0.2) is 23.4 Å². The zero-order valence-electron chi connectivity index (χ0n) is 6.48. The van der Waals surface area contributed by atoms with Gasteiger partial charge in [0, 0.05) is 0 Å². The van der Waals surface area contributed by atoms with Gasteiger partial charge >= 0.3 is 5.69 Å². The molecule has 0 aliphatic rings. The summed E-state index contributed by atoms with van der Waals surface area (Å²) in [5, 5.41) is 4.00. The second-order valence-corrected chi connectivity index (χ2v) is 2.71. The number of H-pyrrole nitrogens is 2. The van der Waals surface area contributed by atoms with Crippen molar-refractivity contribution in [3.05, 3.63) is 29.1 Å². The molecule has 0 fully saturated rings. The van der Waals surface area contributed by atoms with Gasteiger partial charge in [-0.1, -0.05) is 0 Å². The summed E-state index contributed by atoms with van der Waals surface area (Å²) >= 11 is 0. The molecule has 6 nitrogen and oxygen atoms in total. The number of rotatable bonds is 0. The molecule has 0 spiro atoms. The minimum Gasteiger partial charge on any atom is -0.303 e. The van der Waals surface area contributed by atoms with Crippen molar-refractivity contribution in [3.63, 3.8) is 0 Å². The molecule has 3 aromatic rings. The van der Waals surface area contributed by atoms with Crippen LogP contribution in [0.5, 0.6) is 0 Å². The van der Waals surface area contributed by atoms with Crippen molar-refractivity contribution in [1.82, 2.24) is 24.6 Å². The zero-order chi connectivity index (χ0) is 8.84. The highest BCUT2D eigenvalue weighted by Crippen LogP contribution is 2.10. The zero-order valence-corrected chi connectivity index (χ0v) is 6.48. The molecule has 3 heterocycles. The fraction of sp³-hybridized carbons (Fsp3) is 0. The Hall–Kier alpha value is -2.11. The second kappa shape index (κ2) is 1.98. The lowest BCUT2D eigenvalue weighted by Gasteiger charge is -1.91. The number of hydrogen-bond acceptors (Lipinski definition) is 3. The third-order valence-corrected chi connectivity index (χ3v) is 1.93.